The Balaban J connectivity index is 0.0000176. The molecule has 2 saturated heterocycles. The van der Waals surface area contributed by atoms with Crippen molar-refractivity contribution in [1.82, 2.24) is 45.2 Å². The Hall–Kier alpha value is -6.20. The van der Waals surface area contributed by atoms with Crippen LogP contribution in [0.1, 0.15) is 113 Å². The van der Waals surface area contributed by atoms with E-state index in [4.69, 9.17) is 20.1 Å². The summed E-state index contributed by atoms with van der Waals surface area (Å²) < 4.78 is 0. The third kappa shape index (κ3) is 27.7. The minimum absolute atomic E-state index is 0. The van der Waals surface area contributed by atoms with Crippen LogP contribution < -0.4 is 15.5 Å². The van der Waals surface area contributed by atoms with E-state index in [2.05, 4.69) is 10.2 Å². The molecule has 0 spiro atoms. The van der Waals surface area contributed by atoms with E-state index in [0.717, 1.165) is 43.5 Å². The number of carboxylic acid groups (broad SMARTS) is 8. The van der Waals surface area contributed by atoms with E-state index in [1.807, 2.05) is 29.6 Å². The summed E-state index contributed by atoms with van der Waals surface area (Å²) in [6.45, 7) is 1.31. The summed E-state index contributed by atoms with van der Waals surface area (Å²) in [5, 5.41) is 80.9. The van der Waals surface area contributed by atoms with Crippen LogP contribution in [0.2, 0.25) is 0 Å². The first-order valence-electron chi connectivity index (χ1n) is 27.4. The van der Waals surface area contributed by atoms with Crippen molar-refractivity contribution in [3.05, 3.63) is 47.0 Å². The van der Waals surface area contributed by atoms with Crippen LogP contribution in [-0.2, 0) is 62.4 Å². The van der Waals surface area contributed by atoms with E-state index in [1.54, 1.807) is 19.6 Å². The number of carbonyl (C=O) groups excluding carboxylic acids is 2. The predicted molar refractivity (Wildman–Crippen MR) is 287 cm³/mol. The molecule has 2 fully saturated rings. The quantitative estimate of drug-likeness (QED) is 0.0442. The molecule has 1 radical (unpaired) electrons. The topological polar surface area (TPSA) is 411 Å². The number of amides is 2. The monoisotopic (exact) mass is 1320 g/mol. The molecular weight excluding hydrogens is 1240 g/mol. The fourth-order valence-corrected chi connectivity index (χ4v) is 9.84. The summed E-state index contributed by atoms with van der Waals surface area (Å²) in [6.07, 6.45) is 5.22. The molecule has 2 amide bonds. The van der Waals surface area contributed by atoms with Crippen LogP contribution in [0.3, 0.4) is 0 Å². The van der Waals surface area contributed by atoms with Crippen molar-refractivity contribution in [1.29, 1.82) is 0 Å². The number of urea groups is 1. The molecule has 4 rings (SSSR count). The van der Waals surface area contributed by atoms with Crippen LogP contribution >= 0.6 is 0 Å². The molecule has 2 aliphatic rings. The number of ketones is 1. The smallest absolute Gasteiger partial charge is 0.326 e. The van der Waals surface area contributed by atoms with Gasteiger partial charge >= 0.3 is 53.8 Å². The van der Waals surface area contributed by atoms with Crippen molar-refractivity contribution < 1.29 is 126 Å². The van der Waals surface area contributed by atoms with Gasteiger partial charge in [0, 0.05) is 134 Å². The van der Waals surface area contributed by atoms with E-state index < -0.39 is 97.2 Å². The van der Waals surface area contributed by atoms with Gasteiger partial charge in [0.25, 0.3) is 0 Å². The number of Topliss-reactive ketones (excluding diaryl/α,β-unsaturated/α-hetero) is 1. The minimum atomic E-state index is -1.56. The second-order valence-corrected chi connectivity index (χ2v) is 20.7. The van der Waals surface area contributed by atoms with Gasteiger partial charge in [0.1, 0.15) is 29.5 Å². The summed E-state index contributed by atoms with van der Waals surface area (Å²) >= 11 is 0. The maximum atomic E-state index is 12.9. The Bertz CT molecular complexity index is 2450. The molecule has 3 heterocycles. The number of hydrogen-bond acceptors (Lipinski definition) is 18. The van der Waals surface area contributed by atoms with Gasteiger partial charge in [0.15, 0.2) is 0 Å². The van der Waals surface area contributed by atoms with Crippen molar-refractivity contribution in [3.63, 3.8) is 0 Å². The number of aliphatic carboxylic acids is 8. The van der Waals surface area contributed by atoms with E-state index in [9.17, 15) is 83.7 Å². The molecule has 82 heavy (non-hydrogen) atoms. The van der Waals surface area contributed by atoms with Crippen LogP contribution in [0.15, 0.2) is 24.3 Å². The summed E-state index contributed by atoms with van der Waals surface area (Å²) in [4.78, 5) is 142. The summed E-state index contributed by atoms with van der Waals surface area (Å²) in [7, 11) is 0. The minimum Gasteiger partial charge on any atom is -0.481 e. The molecule has 28 nitrogen and oxygen atoms in total. The van der Waals surface area contributed by atoms with Gasteiger partial charge in [-0.05, 0) is 68.9 Å². The van der Waals surface area contributed by atoms with E-state index in [1.165, 1.54) is 0 Å². The van der Waals surface area contributed by atoms with E-state index in [-0.39, 0.29) is 147 Å². The molecule has 2 aliphatic heterocycles. The van der Waals surface area contributed by atoms with Crippen molar-refractivity contribution >= 4 is 65.5 Å². The first-order valence-corrected chi connectivity index (χ1v) is 27.4. The van der Waals surface area contributed by atoms with Crippen LogP contribution in [0.4, 0.5) is 10.7 Å². The molecule has 1 unspecified atom stereocenters. The van der Waals surface area contributed by atoms with Crippen LogP contribution in [-0.4, -0.2) is 238 Å². The number of unbranched alkanes of at least 4 members (excludes halogenated alkanes) is 3. The Labute approximate surface area is 503 Å². The Morgan fingerprint density at radius 2 is 1.04 bits per heavy atom. The SMILES string of the molecule is O=C(O)CC[C@H](NC(=O)N[C@@H](CCCCC(=O)C[C@@H](CCCCCc1nc(Cc2ccc(CC3CN(CC(=O)O)CCN(CC(=O)O)CCN(CC(=O)O)CCN3CC(=O)O)cc2)nc(N2CCCCC2)n1)C(=O)O)C(=O)O)C(=O)O.[Lu]. The van der Waals surface area contributed by atoms with Crippen molar-refractivity contribution in [3.8, 4) is 0 Å². The molecule has 1 aromatic carbocycles. The number of piperidine rings is 1. The summed E-state index contributed by atoms with van der Waals surface area (Å²) in [6, 6.07) is 3.00. The van der Waals surface area contributed by atoms with Gasteiger partial charge < -0.3 is 56.4 Å². The number of nitrogens with one attached hydrogen (secondary N) is 2. The number of carbonyl (C=O) groups is 10. The number of nitrogens with zero attached hydrogens (tertiary/aromatic N) is 8. The Kier molecular flexibility index (Phi) is 31.7. The number of aromatic nitrogens is 3. The Morgan fingerprint density at radius 1 is 0.512 bits per heavy atom. The predicted octanol–water partition coefficient (Wildman–Crippen LogP) is 1.32. The summed E-state index contributed by atoms with van der Waals surface area (Å²) in [5.74, 6) is -9.28. The van der Waals surface area contributed by atoms with Gasteiger partial charge in [-0.25, -0.2) is 19.4 Å². The van der Waals surface area contributed by atoms with Gasteiger partial charge in [-0.15, -0.1) is 0 Å². The van der Waals surface area contributed by atoms with Crippen molar-refractivity contribution in [2.45, 2.75) is 127 Å². The zero-order valence-corrected chi connectivity index (χ0v) is 47.5. The molecule has 29 heteroatoms. The van der Waals surface area contributed by atoms with Gasteiger partial charge in [0.05, 0.1) is 32.1 Å². The van der Waals surface area contributed by atoms with E-state index in [0.29, 0.717) is 56.1 Å². The average molecular weight is 1320 g/mol. The largest absolute Gasteiger partial charge is 0.481 e. The zero-order chi connectivity index (χ0) is 59.4. The third-order valence-corrected chi connectivity index (χ3v) is 14.1. The number of aryl methyl sites for hydroxylation is 1. The number of carboxylic acids is 8. The van der Waals surface area contributed by atoms with Gasteiger partial charge in [-0.3, -0.25) is 53.2 Å². The first kappa shape index (κ1) is 70.1. The molecule has 1 aromatic heterocycles. The number of benzene rings is 1. The number of anilines is 1. The second-order valence-electron chi connectivity index (χ2n) is 20.7. The number of hydrogen-bond donors (Lipinski definition) is 10. The molecule has 0 saturated carbocycles. The van der Waals surface area contributed by atoms with Gasteiger partial charge in [-0.2, -0.15) is 9.97 Å². The van der Waals surface area contributed by atoms with E-state index >= 15 is 0 Å². The molecule has 0 aliphatic carbocycles. The molecule has 4 atom stereocenters. The van der Waals surface area contributed by atoms with Gasteiger partial charge in [-0.1, -0.05) is 43.5 Å². The molecule has 463 valence electrons. The second kappa shape index (κ2) is 37.1. The van der Waals surface area contributed by atoms with Gasteiger partial charge in [0.2, 0.25) is 5.95 Å². The maximum absolute atomic E-state index is 12.9. The molecule has 0 bridgehead atoms. The standard InChI is InChI=1S/C53H78N10O18.Lu/c64-39(10-5-6-11-40(50(77)78)54-53(81)55-41(51(79)80)17-18-44(65)66)29-37(49(75)76)9-3-1-4-12-42-56-43(58-52(57-42)62-19-7-2-8-20-62)28-36-15-13-35(14-16-36)27-38-30-61(33-47(71)72)24-23-59(31-45(67)68)21-22-60(32-46(69)70)25-26-63(38)34-48(73)74;/h13-16,37-38,40-41H,1-12,17-34H2,(H,65,66)(H,67,68)(H,69,70)(H,71,72)(H,73,74)(H,75,76)(H,77,78)(H,79,80)(H2,54,55,81);/t37-,38?,40+,41+;/m1./s1. The normalized spacial score (nSPS) is 17.1. The third-order valence-electron chi connectivity index (χ3n) is 14.1. The fourth-order valence-electron chi connectivity index (χ4n) is 9.84. The van der Waals surface area contributed by atoms with Crippen molar-refractivity contribution in [2.24, 2.45) is 5.92 Å². The average Bonchev–Trinajstić information content (AvgIpc) is 3.39. The molecular formula is C53H78LuN10O18. The summed E-state index contributed by atoms with van der Waals surface area (Å²) in [5.41, 5.74) is 1.70. The fraction of sp³-hybridized carbons (Fsp3) is 0.642. The van der Waals surface area contributed by atoms with Crippen LogP contribution in [0.5, 0.6) is 0 Å². The first-order chi connectivity index (χ1) is 38.5. The maximum Gasteiger partial charge on any atom is 0.326 e. The van der Waals surface area contributed by atoms with Crippen LogP contribution in [0.25, 0.3) is 0 Å². The van der Waals surface area contributed by atoms with Crippen LogP contribution in [0, 0.1) is 42.8 Å². The Morgan fingerprint density at radius 3 is 1.60 bits per heavy atom. The van der Waals surface area contributed by atoms with Crippen molar-refractivity contribution in [2.75, 3.05) is 90.0 Å². The zero-order valence-electron chi connectivity index (χ0n) is 45.8. The number of rotatable bonds is 34. The molecule has 2 aromatic rings. The molecule has 10 N–H and O–H groups in total.